The highest BCUT2D eigenvalue weighted by atomic mass is 32.1. The molecule has 5 rings (SSSR count). The van der Waals surface area contributed by atoms with Crippen LogP contribution in [0.5, 0.6) is 0 Å². The Morgan fingerprint density at radius 3 is 2.73 bits per heavy atom. The van der Waals surface area contributed by atoms with Gasteiger partial charge >= 0.3 is 0 Å². The van der Waals surface area contributed by atoms with Crippen LogP contribution in [0.1, 0.15) is 57.9 Å². The zero-order valence-electron chi connectivity index (χ0n) is 18.5. The maximum absolute atomic E-state index is 13.2. The Morgan fingerprint density at radius 2 is 1.97 bits per heavy atom. The average Bonchev–Trinajstić information content (AvgIpc) is 3.43. The number of pyridine rings is 1. The third kappa shape index (κ3) is 4.36. The fraction of sp³-hybridized carbons (Fsp3) is 0.231. The standard InChI is InChI=1S/C26H24N4O2S/c1-26(2)12-19-23(21(31)13-26)18(10-16-6-4-3-5-7-16)24(29-19)17-8-9-27-22(11-17)30-25(32)20-14-33-15-28-20/h3-9,11,14-15,29H,10,12-13H2,1-2H3,(H,27,30,32). The normalized spacial score (nSPS) is 14.7. The van der Waals surface area contributed by atoms with Crippen molar-refractivity contribution in [1.82, 2.24) is 15.0 Å². The minimum absolute atomic E-state index is 0.0822. The van der Waals surface area contributed by atoms with E-state index in [0.717, 1.165) is 40.1 Å². The van der Waals surface area contributed by atoms with E-state index in [0.29, 0.717) is 24.4 Å². The summed E-state index contributed by atoms with van der Waals surface area (Å²) in [5, 5.41) is 4.52. The van der Waals surface area contributed by atoms with Crippen molar-refractivity contribution in [1.29, 1.82) is 0 Å². The number of carbonyl (C=O) groups excluding carboxylic acids is 2. The molecule has 0 fully saturated rings. The molecule has 166 valence electrons. The molecule has 0 saturated carbocycles. The summed E-state index contributed by atoms with van der Waals surface area (Å²) >= 11 is 1.37. The highest BCUT2D eigenvalue weighted by molar-refractivity contribution is 7.07. The first-order chi connectivity index (χ1) is 15.9. The van der Waals surface area contributed by atoms with E-state index in [1.807, 2.05) is 30.3 Å². The molecule has 4 aromatic rings. The van der Waals surface area contributed by atoms with Gasteiger partial charge in [-0.05, 0) is 35.1 Å². The molecular weight excluding hydrogens is 432 g/mol. The summed E-state index contributed by atoms with van der Waals surface area (Å²) in [6, 6.07) is 13.9. The van der Waals surface area contributed by atoms with Gasteiger partial charge in [0, 0.05) is 41.2 Å². The number of carbonyl (C=O) groups is 2. The summed E-state index contributed by atoms with van der Waals surface area (Å²) in [5.41, 5.74) is 7.63. The molecule has 1 amide bonds. The second-order valence-corrected chi connectivity index (χ2v) is 9.91. The third-order valence-electron chi connectivity index (χ3n) is 5.93. The number of hydrogen-bond acceptors (Lipinski definition) is 5. The molecule has 0 saturated heterocycles. The smallest absolute Gasteiger partial charge is 0.276 e. The maximum Gasteiger partial charge on any atom is 0.276 e. The zero-order chi connectivity index (χ0) is 23.0. The average molecular weight is 457 g/mol. The van der Waals surface area contributed by atoms with Crippen LogP contribution in [-0.4, -0.2) is 26.6 Å². The molecule has 1 aliphatic rings. The third-order valence-corrected chi connectivity index (χ3v) is 6.52. The van der Waals surface area contributed by atoms with E-state index in [1.54, 1.807) is 17.1 Å². The van der Waals surface area contributed by atoms with Crippen molar-refractivity contribution in [2.45, 2.75) is 33.1 Å². The van der Waals surface area contributed by atoms with Crippen molar-refractivity contribution in [2.24, 2.45) is 5.41 Å². The number of rotatable bonds is 5. The van der Waals surface area contributed by atoms with E-state index in [4.69, 9.17) is 0 Å². The molecule has 0 radical (unpaired) electrons. The lowest BCUT2D eigenvalue weighted by Gasteiger charge is -2.28. The Labute approximate surface area is 196 Å². The van der Waals surface area contributed by atoms with Crippen LogP contribution < -0.4 is 5.32 Å². The topological polar surface area (TPSA) is 87.7 Å². The number of ketones is 1. The molecule has 2 N–H and O–H groups in total. The Morgan fingerprint density at radius 1 is 1.15 bits per heavy atom. The number of aromatic amines is 1. The second kappa shape index (κ2) is 8.41. The molecule has 0 aliphatic heterocycles. The summed E-state index contributed by atoms with van der Waals surface area (Å²) in [5.74, 6) is 0.323. The first-order valence-corrected chi connectivity index (χ1v) is 11.8. The van der Waals surface area contributed by atoms with Gasteiger partial charge < -0.3 is 10.3 Å². The number of thiazole rings is 1. The first kappa shape index (κ1) is 21.3. The number of aromatic nitrogens is 3. The van der Waals surface area contributed by atoms with Crippen molar-refractivity contribution in [3.63, 3.8) is 0 Å². The summed E-state index contributed by atoms with van der Waals surface area (Å²) in [6.07, 6.45) is 3.67. The van der Waals surface area contributed by atoms with Crippen molar-refractivity contribution < 1.29 is 9.59 Å². The Balaban J connectivity index is 1.56. The molecule has 0 unspecified atom stereocenters. The van der Waals surface area contributed by atoms with Crippen LogP contribution in [0.15, 0.2) is 59.6 Å². The van der Waals surface area contributed by atoms with Gasteiger partial charge in [0.2, 0.25) is 0 Å². The second-order valence-electron chi connectivity index (χ2n) is 9.19. The van der Waals surface area contributed by atoms with Gasteiger partial charge in [-0.25, -0.2) is 9.97 Å². The largest absolute Gasteiger partial charge is 0.358 e. The molecule has 3 heterocycles. The number of amides is 1. The van der Waals surface area contributed by atoms with Crippen LogP contribution in [0.4, 0.5) is 5.82 Å². The lowest BCUT2D eigenvalue weighted by Crippen LogP contribution is -2.27. The summed E-state index contributed by atoms with van der Waals surface area (Å²) in [4.78, 5) is 37.6. The van der Waals surface area contributed by atoms with Crippen molar-refractivity contribution in [3.05, 3.63) is 87.6 Å². The number of anilines is 1. The molecule has 7 heteroatoms. The van der Waals surface area contributed by atoms with Gasteiger partial charge in [0.15, 0.2) is 5.78 Å². The Bertz CT molecular complexity index is 1320. The van der Waals surface area contributed by atoms with E-state index in [-0.39, 0.29) is 17.1 Å². The first-order valence-electron chi connectivity index (χ1n) is 10.9. The van der Waals surface area contributed by atoms with Crippen LogP contribution in [0.25, 0.3) is 11.3 Å². The number of benzene rings is 1. The zero-order valence-corrected chi connectivity index (χ0v) is 19.3. The lowest BCUT2D eigenvalue weighted by atomic mass is 9.75. The minimum Gasteiger partial charge on any atom is -0.358 e. The van der Waals surface area contributed by atoms with E-state index >= 15 is 0 Å². The van der Waals surface area contributed by atoms with Gasteiger partial charge in [-0.15, -0.1) is 11.3 Å². The van der Waals surface area contributed by atoms with Gasteiger partial charge in [-0.2, -0.15) is 0 Å². The predicted molar refractivity (Wildman–Crippen MR) is 130 cm³/mol. The highest BCUT2D eigenvalue weighted by Gasteiger charge is 2.35. The molecule has 0 atom stereocenters. The molecular formula is C26H24N4O2S. The van der Waals surface area contributed by atoms with Gasteiger partial charge in [0.1, 0.15) is 11.5 Å². The lowest BCUT2D eigenvalue weighted by molar-refractivity contribution is 0.0910. The van der Waals surface area contributed by atoms with Gasteiger partial charge in [0.05, 0.1) is 11.2 Å². The van der Waals surface area contributed by atoms with Crippen LogP contribution >= 0.6 is 11.3 Å². The Kier molecular flexibility index (Phi) is 5.42. The maximum atomic E-state index is 13.2. The summed E-state index contributed by atoms with van der Waals surface area (Å²) in [6.45, 7) is 4.26. The quantitative estimate of drug-likeness (QED) is 0.413. The summed E-state index contributed by atoms with van der Waals surface area (Å²) < 4.78 is 0. The SMILES string of the molecule is CC1(C)CC(=O)c2c([nH]c(-c3ccnc(NC(=O)c4cscn4)c3)c2Cc2ccccc2)C1. The van der Waals surface area contributed by atoms with Gasteiger partial charge in [-0.3, -0.25) is 9.59 Å². The monoisotopic (exact) mass is 456 g/mol. The fourth-order valence-corrected chi connectivity index (χ4v) is 5.04. The fourth-order valence-electron chi connectivity index (χ4n) is 4.51. The van der Waals surface area contributed by atoms with E-state index in [2.05, 4.69) is 46.2 Å². The van der Waals surface area contributed by atoms with Crippen molar-refractivity contribution >= 4 is 28.8 Å². The molecule has 1 aromatic carbocycles. The Hall–Kier alpha value is -3.58. The van der Waals surface area contributed by atoms with Crippen LogP contribution in [0, 0.1) is 5.41 Å². The molecule has 6 nitrogen and oxygen atoms in total. The number of Topliss-reactive ketones (excluding diaryl/α,β-unsaturated/α-hetero) is 1. The van der Waals surface area contributed by atoms with Gasteiger partial charge in [0.25, 0.3) is 5.91 Å². The van der Waals surface area contributed by atoms with Crippen molar-refractivity contribution in [3.8, 4) is 11.3 Å². The molecule has 1 aliphatic carbocycles. The number of nitrogens with one attached hydrogen (secondary N) is 2. The van der Waals surface area contributed by atoms with Gasteiger partial charge in [-0.1, -0.05) is 44.2 Å². The minimum atomic E-state index is -0.298. The van der Waals surface area contributed by atoms with E-state index in [1.165, 1.54) is 11.3 Å². The molecule has 0 bridgehead atoms. The van der Waals surface area contributed by atoms with Crippen LogP contribution in [0.2, 0.25) is 0 Å². The molecule has 0 spiro atoms. The molecule has 33 heavy (non-hydrogen) atoms. The number of H-pyrrole nitrogens is 1. The highest BCUT2D eigenvalue weighted by Crippen LogP contribution is 2.40. The van der Waals surface area contributed by atoms with Crippen molar-refractivity contribution in [2.75, 3.05) is 5.32 Å². The predicted octanol–water partition coefficient (Wildman–Crippen LogP) is 5.53. The van der Waals surface area contributed by atoms with Crippen LogP contribution in [-0.2, 0) is 12.8 Å². The number of nitrogens with zero attached hydrogens (tertiary/aromatic N) is 2. The summed E-state index contributed by atoms with van der Waals surface area (Å²) in [7, 11) is 0. The van der Waals surface area contributed by atoms with E-state index in [9.17, 15) is 9.59 Å². The van der Waals surface area contributed by atoms with Crippen LogP contribution in [0.3, 0.4) is 0 Å². The molecule has 3 aromatic heterocycles. The van der Waals surface area contributed by atoms with E-state index < -0.39 is 0 Å². The number of fused-ring (bicyclic) bond motifs is 1. The number of hydrogen-bond donors (Lipinski definition) is 2.